The number of nitrogens with zero attached hydrogens (tertiary/aromatic N) is 4. The number of hydrogen-bond acceptors (Lipinski definition) is 3. The van der Waals surface area contributed by atoms with Crippen LogP contribution in [-0.2, 0) is 0 Å². The van der Waals surface area contributed by atoms with Gasteiger partial charge in [-0.1, -0.05) is 29.3 Å². The lowest BCUT2D eigenvalue weighted by molar-refractivity contribution is 0.0948. The third kappa shape index (κ3) is 3.96. The second-order valence-corrected chi connectivity index (χ2v) is 8.28. The molecule has 0 fully saturated rings. The Hall–Kier alpha value is -3.09. The number of carbonyl (C=O) groups is 1. The predicted octanol–water partition coefficient (Wildman–Crippen LogP) is 5.43. The first kappa shape index (κ1) is 21.2. The Labute approximate surface area is 190 Å². The molecule has 0 spiro atoms. The van der Waals surface area contributed by atoms with Crippen LogP contribution < -0.4 is 5.43 Å². The van der Waals surface area contributed by atoms with Gasteiger partial charge in [0.1, 0.15) is 11.3 Å². The van der Waals surface area contributed by atoms with E-state index in [9.17, 15) is 4.79 Å². The van der Waals surface area contributed by atoms with E-state index in [0.29, 0.717) is 21.4 Å². The largest absolute Gasteiger partial charge is 0.316 e. The highest BCUT2D eigenvalue weighted by Crippen LogP contribution is 2.28. The molecule has 31 heavy (non-hydrogen) atoms. The number of imidazole rings is 1. The summed E-state index contributed by atoms with van der Waals surface area (Å²) in [6.07, 6.45) is 3.51. The fraction of sp³-hybridized carbons (Fsp3) is 0.174. The van der Waals surface area contributed by atoms with Crippen LogP contribution in [-0.4, -0.2) is 26.1 Å². The van der Waals surface area contributed by atoms with E-state index >= 15 is 0 Å². The summed E-state index contributed by atoms with van der Waals surface area (Å²) in [6, 6.07) is 11.2. The highest BCUT2D eigenvalue weighted by atomic mass is 35.5. The summed E-state index contributed by atoms with van der Waals surface area (Å²) in [5.74, 6) is -0.321. The Balaban J connectivity index is 1.61. The summed E-state index contributed by atoms with van der Waals surface area (Å²) in [7, 11) is 0. The highest BCUT2D eigenvalue weighted by molar-refractivity contribution is 6.34. The zero-order chi connectivity index (χ0) is 22.3. The van der Waals surface area contributed by atoms with Crippen LogP contribution in [0, 0.1) is 27.7 Å². The molecule has 1 N–H and O–H groups in total. The number of aryl methyl sites for hydroxylation is 3. The average molecular weight is 454 g/mol. The third-order valence-corrected chi connectivity index (χ3v) is 5.70. The maximum atomic E-state index is 12.8. The number of fused-ring (bicyclic) bond motifs is 1. The summed E-state index contributed by atoms with van der Waals surface area (Å²) in [6.45, 7) is 7.72. The molecule has 4 rings (SSSR count). The quantitative estimate of drug-likeness (QED) is 0.330. The Kier molecular flexibility index (Phi) is 5.60. The van der Waals surface area contributed by atoms with E-state index in [0.717, 1.165) is 33.8 Å². The fourth-order valence-corrected chi connectivity index (χ4v) is 4.07. The number of hydrogen-bond donors (Lipinski definition) is 1. The summed E-state index contributed by atoms with van der Waals surface area (Å²) < 4.78 is 3.79. The number of nitrogens with one attached hydrogen (secondary N) is 1. The normalized spacial score (nSPS) is 11.5. The molecule has 4 aromatic rings. The Morgan fingerprint density at radius 2 is 1.87 bits per heavy atom. The van der Waals surface area contributed by atoms with Gasteiger partial charge in [-0.3, -0.25) is 9.20 Å². The molecule has 0 saturated carbocycles. The van der Waals surface area contributed by atoms with Crippen LogP contribution >= 0.6 is 23.2 Å². The van der Waals surface area contributed by atoms with E-state index in [2.05, 4.69) is 15.5 Å². The third-order valence-electron chi connectivity index (χ3n) is 5.14. The van der Waals surface area contributed by atoms with Gasteiger partial charge in [0, 0.05) is 28.2 Å². The van der Waals surface area contributed by atoms with Crippen molar-refractivity contribution in [2.24, 2.45) is 5.10 Å². The van der Waals surface area contributed by atoms with E-state index in [4.69, 9.17) is 23.2 Å². The van der Waals surface area contributed by atoms with Crippen molar-refractivity contribution in [1.82, 2.24) is 19.4 Å². The minimum Gasteiger partial charge on any atom is -0.316 e. The van der Waals surface area contributed by atoms with Gasteiger partial charge < -0.3 is 4.57 Å². The molecule has 8 heteroatoms. The molecule has 6 nitrogen and oxygen atoms in total. The van der Waals surface area contributed by atoms with Crippen molar-refractivity contribution in [2.75, 3.05) is 0 Å². The van der Waals surface area contributed by atoms with E-state index < -0.39 is 0 Å². The second kappa shape index (κ2) is 8.21. The standard InChI is InChI=1S/C23H21Cl2N5O/c1-13-5-8-21-27-15(3)22(29(21)12-13)23(31)28-26-11-17-9-14(2)30(16(17)4)20-10-18(24)6-7-19(20)25/h5-12H,1-4H3,(H,28,31)/b26-11-. The maximum absolute atomic E-state index is 12.8. The fourth-order valence-electron chi connectivity index (χ4n) is 3.70. The molecule has 0 radical (unpaired) electrons. The van der Waals surface area contributed by atoms with Gasteiger partial charge in [-0.05, 0) is 63.6 Å². The monoisotopic (exact) mass is 453 g/mol. The van der Waals surface area contributed by atoms with Crippen molar-refractivity contribution in [3.63, 3.8) is 0 Å². The molecule has 1 aromatic carbocycles. The second-order valence-electron chi connectivity index (χ2n) is 7.44. The predicted molar refractivity (Wildman–Crippen MR) is 125 cm³/mol. The summed E-state index contributed by atoms with van der Waals surface area (Å²) in [5, 5.41) is 5.38. The molecule has 3 heterocycles. The lowest BCUT2D eigenvalue weighted by Gasteiger charge is -2.12. The van der Waals surface area contributed by atoms with E-state index in [1.807, 2.05) is 62.7 Å². The molecule has 3 aromatic heterocycles. The van der Waals surface area contributed by atoms with Gasteiger partial charge in [0.25, 0.3) is 5.91 Å². The summed E-state index contributed by atoms with van der Waals surface area (Å²) in [4.78, 5) is 17.2. The van der Waals surface area contributed by atoms with Crippen molar-refractivity contribution in [3.05, 3.63) is 86.5 Å². The zero-order valence-electron chi connectivity index (χ0n) is 17.6. The number of benzene rings is 1. The lowest BCUT2D eigenvalue weighted by atomic mass is 10.2. The average Bonchev–Trinajstić information content (AvgIpc) is 3.18. The van der Waals surface area contributed by atoms with E-state index in [1.165, 1.54) is 0 Å². The van der Waals surface area contributed by atoms with Crippen molar-refractivity contribution in [3.8, 4) is 5.69 Å². The van der Waals surface area contributed by atoms with Crippen LogP contribution in [0.4, 0.5) is 0 Å². The summed E-state index contributed by atoms with van der Waals surface area (Å²) in [5.41, 5.74) is 9.05. The molecule has 0 saturated heterocycles. The van der Waals surface area contributed by atoms with Crippen molar-refractivity contribution >= 4 is 41.0 Å². The number of hydrazone groups is 1. The number of rotatable bonds is 4. The molecule has 0 bridgehead atoms. The van der Waals surface area contributed by atoms with Gasteiger partial charge in [0.05, 0.1) is 22.6 Å². The first-order valence-electron chi connectivity index (χ1n) is 9.69. The van der Waals surface area contributed by atoms with Gasteiger partial charge in [0.15, 0.2) is 0 Å². The van der Waals surface area contributed by atoms with E-state index in [1.54, 1.807) is 22.7 Å². The van der Waals surface area contributed by atoms with Crippen molar-refractivity contribution in [2.45, 2.75) is 27.7 Å². The van der Waals surface area contributed by atoms with Gasteiger partial charge in [0.2, 0.25) is 0 Å². The van der Waals surface area contributed by atoms with Crippen molar-refractivity contribution in [1.29, 1.82) is 0 Å². The first-order valence-corrected chi connectivity index (χ1v) is 10.4. The highest BCUT2D eigenvalue weighted by Gasteiger charge is 2.17. The Morgan fingerprint density at radius 1 is 1.10 bits per heavy atom. The molecular formula is C23H21Cl2N5O. The van der Waals surface area contributed by atoms with Gasteiger partial charge >= 0.3 is 0 Å². The molecule has 0 unspecified atom stereocenters. The maximum Gasteiger partial charge on any atom is 0.290 e. The molecule has 0 aliphatic heterocycles. The van der Waals surface area contributed by atoms with Gasteiger partial charge in [-0.15, -0.1) is 0 Å². The number of pyridine rings is 1. The molecule has 0 aliphatic rings. The smallest absolute Gasteiger partial charge is 0.290 e. The molecular weight excluding hydrogens is 433 g/mol. The van der Waals surface area contributed by atoms with Crippen LogP contribution in [0.25, 0.3) is 11.3 Å². The van der Waals surface area contributed by atoms with Crippen LogP contribution in [0.2, 0.25) is 10.0 Å². The lowest BCUT2D eigenvalue weighted by Crippen LogP contribution is -2.20. The number of amides is 1. The Morgan fingerprint density at radius 3 is 2.65 bits per heavy atom. The number of carbonyl (C=O) groups excluding carboxylic acids is 1. The number of aromatic nitrogens is 3. The van der Waals surface area contributed by atoms with Gasteiger partial charge in [-0.2, -0.15) is 5.10 Å². The zero-order valence-corrected chi connectivity index (χ0v) is 19.1. The molecule has 0 atom stereocenters. The van der Waals surface area contributed by atoms with Crippen LogP contribution in [0.15, 0.2) is 47.7 Å². The molecule has 0 aliphatic carbocycles. The summed E-state index contributed by atoms with van der Waals surface area (Å²) >= 11 is 12.5. The topological polar surface area (TPSA) is 63.7 Å². The molecule has 158 valence electrons. The van der Waals surface area contributed by atoms with Gasteiger partial charge in [-0.25, -0.2) is 10.4 Å². The first-order chi connectivity index (χ1) is 14.8. The minimum absolute atomic E-state index is 0.321. The van der Waals surface area contributed by atoms with Crippen LogP contribution in [0.3, 0.4) is 0 Å². The SMILES string of the molecule is Cc1ccc2nc(C)c(C(=O)N/N=C\c3cc(C)n(-c4cc(Cl)ccc4Cl)c3C)n2c1. The van der Waals surface area contributed by atoms with Crippen molar-refractivity contribution < 1.29 is 4.79 Å². The molecule has 1 amide bonds. The van der Waals surface area contributed by atoms with Crippen LogP contribution in [0.5, 0.6) is 0 Å². The van der Waals surface area contributed by atoms with E-state index in [-0.39, 0.29) is 5.91 Å². The minimum atomic E-state index is -0.321. The number of halogens is 2. The Bertz CT molecular complexity index is 1350. The van der Waals surface area contributed by atoms with Crippen LogP contribution in [0.1, 0.15) is 38.7 Å².